The standard InChI is InChI=1S/C9H18N2O/c1-9(2,10)6-7-3-4-11-8(12)5-7/h7H,3-6,10H2,1-2H3,(H,11,12). The summed E-state index contributed by atoms with van der Waals surface area (Å²) in [5, 5.41) is 2.82. The third kappa shape index (κ3) is 3.22. The zero-order valence-electron chi connectivity index (χ0n) is 7.89. The van der Waals surface area contributed by atoms with Gasteiger partial charge in [0.05, 0.1) is 0 Å². The summed E-state index contributed by atoms with van der Waals surface area (Å²) in [6.45, 7) is 4.85. The lowest BCUT2D eigenvalue weighted by atomic mass is 9.85. The molecule has 3 N–H and O–H groups in total. The van der Waals surface area contributed by atoms with E-state index in [1.807, 2.05) is 13.8 Å². The topological polar surface area (TPSA) is 55.1 Å². The van der Waals surface area contributed by atoms with E-state index in [0.29, 0.717) is 12.3 Å². The summed E-state index contributed by atoms with van der Waals surface area (Å²) >= 11 is 0. The Bertz CT molecular complexity index is 172. The van der Waals surface area contributed by atoms with E-state index in [4.69, 9.17) is 5.73 Å². The number of rotatable bonds is 2. The molecule has 3 heteroatoms. The summed E-state index contributed by atoms with van der Waals surface area (Å²) < 4.78 is 0. The number of amides is 1. The van der Waals surface area contributed by atoms with Crippen LogP contribution in [0.25, 0.3) is 0 Å². The molecule has 0 aromatic heterocycles. The number of carbonyl (C=O) groups is 1. The van der Waals surface area contributed by atoms with Crippen LogP contribution in [-0.4, -0.2) is 18.0 Å². The lowest BCUT2D eigenvalue weighted by Gasteiger charge is -2.28. The first-order valence-corrected chi connectivity index (χ1v) is 4.53. The number of nitrogens with one attached hydrogen (secondary N) is 1. The first-order valence-electron chi connectivity index (χ1n) is 4.53. The van der Waals surface area contributed by atoms with Crippen molar-refractivity contribution in [3.05, 3.63) is 0 Å². The first kappa shape index (κ1) is 9.52. The van der Waals surface area contributed by atoms with Crippen LogP contribution in [0.2, 0.25) is 0 Å². The van der Waals surface area contributed by atoms with Crippen LogP contribution >= 0.6 is 0 Å². The molecule has 1 saturated heterocycles. The fraction of sp³-hybridized carbons (Fsp3) is 0.889. The van der Waals surface area contributed by atoms with Gasteiger partial charge in [0.15, 0.2) is 0 Å². The third-order valence-corrected chi connectivity index (χ3v) is 2.16. The Hall–Kier alpha value is -0.570. The normalized spacial score (nSPS) is 25.2. The quantitative estimate of drug-likeness (QED) is 0.639. The summed E-state index contributed by atoms with van der Waals surface area (Å²) in [5.41, 5.74) is 5.74. The summed E-state index contributed by atoms with van der Waals surface area (Å²) in [6, 6.07) is 0. The van der Waals surface area contributed by atoms with Crippen LogP contribution in [0.1, 0.15) is 33.1 Å². The summed E-state index contributed by atoms with van der Waals surface area (Å²) in [7, 11) is 0. The SMILES string of the molecule is CC(C)(N)CC1CCNC(=O)C1. The van der Waals surface area contributed by atoms with E-state index in [-0.39, 0.29) is 11.4 Å². The highest BCUT2D eigenvalue weighted by atomic mass is 16.1. The minimum Gasteiger partial charge on any atom is -0.356 e. The second-order valence-corrected chi connectivity index (χ2v) is 4.40. The minimum atomic E-state index is -0.137. The zero-order chi connectivity index (χ0) is 9.19. The Morgan fingerprint density at radius 2 is 2.33 bits per heavy atom. The molecule has 1 atom stereocenters. The Morgan fingerprint density at radius 3 is 2.83 bits per heavy atom. The van der Waals surface area contributed by atoms with Crippen LogP contribution in [0.4, 0.5) is 0 Å². The predicted octanol–water partition coefficient (Wildman–Crippen LogP) is 0.640. The van der Waals surface area contributed by atoms with E-state index in [1.54, 1.807) is 0 Å². The van der Waals surface area contributed by atoms with E-state index in [0.717, 1.165) is 19.4 Å². The van der Waals surface area contributed by atoms with Gasteiger partial charge in [-0.25, -0.2) is 0 Å². The van der Waals surface area contributed by atoms with Crippen molar-refractivity contribution in [2.45, 2.75) is 38.6 Å². The van der Waals surface area contributed by atoms with Crippen molar-refractivity contribution in [3.8, 4) is 0 Å². The molecule has 1 rings (SSSR count). The number of carbonyl (C=O) groups excluding carboxylic acids is 1. The van der Waals surface area contributed by atoms with Gasteiger partial charge < -0.3 is 11.1 Å². The molecule has 0 aliphatic carbocycles. The van der Waals surface area contributed by atoms with Gasteiger partial charge in [-0.2, -0.15) is 0 Å². The van der Waals surface area contributed by atoms with Gasteiger partial charge in [0, 0.05) is 18.5 Å². The highest BCUT2D eigenvalue weighted by Gasteiger charge is 2.24. The second kappa shape index (κ2) is 3.44. The molecule has 70 valence electrons. The number of hydrogen-bond donors (Lipinski definition) is 2. The van der Waals surface area contributed by atoms with Gasteiger partial charge >= 0.3 is 0 Å². The van der Waals surface area contributed by atoms with Crippen LogP contribution in [0, 0.1) is 5.92 Å². The van der Waals surface area contributed by atoms with E-state index in [1.165, 1.54) is 0 Å². The van der Waals surface area contributed by atoms with Gasteiger partial charge in [-0.1, -0.05) is 0 Å². The Balaban J connectivity index is 2.37. The summed E-state index contributed by atoms with van der Waals surface area (Å²) in [4.78, 5) is 11.0. The van der Waals surface area contributed by atoms with E-state index in [9.17, 15) is 4.79 Å². The zero-order valence-corrected chi connectivity index (χ0v) is 7.89. The molecule has 0 aromatic carbocycles. The van der Waals surface area contributed by atoms with Crippen LogP contribution in [-0.2, 0) is 4.79 Å². The average molecular weight is 170 g/mol. The molecule has 0 radical (unpaired) electrons. The molecule has 1 heterocycles. The second-order valence-electron chi connectivity index (χ2n) is 4.40. The lowest BCUT2D eigenvalue weighted by molar-refractivity contribution is -0.123. The molecule has 0 aromatic rings. The van der Waals surface area contributed by atoms with Crippen molar-refractivity contribution in [2.75, 3.05) is 6.54 Å². The van der Waals surface area contributed by atoms with E-state index in [2.05, 4.69) is 5.32 Å². The van der Waals surface area contributed by atoms with Gasteiger partial charge in [-0.05, 0) is 32.6 Å². The molecule has 1 unspecified atom stereocenters. The maximum absolute atomic E-state index is 11.0. The Morgan fingerprint density at radius 1 is 1.67 bits per heavy atom. The maximum Gasteiger partial charge on any atom is 0.220 e. The highest BCUT2D eigenvalue weighted by molar-refractivity contribution is 5.76. The summed E-state index contributed by atoms with van der Waals surface area (Å²) in [6.07, 6.45) is 2.67. The monoisotopic (exact) mass is 170 g/mol. The molecule has 12 heavy (non-hydrogen) atoms. The Labute approximate surface area is 73.7 Å². The van der Waals surface area contributed by atoms with Gasteiger partial charge in [-0.3, -0.25) is 4.79 Å². The van der Waals surface area contributed by atoms with Crippen molar-refractivity contribution in [1.29, 1.82) is 0 Å². The number of piperidine rings is 1. The molecule has 3 nitrogen and oxygen atoms in total. The smallest absolute Gasteiger partial charge is 0.220 e. The van der Waals surface area contributed by atoms with Crippen LogP contribution < -0.4 is 11.1 Å². The molecule has 1 aliphatic rings. The van der Waals surface area contributed by atoms with Gasteiger partial charge in [0.1, 0.15) is 0 Å². The van der Waals surface area contributed by atoms with Crippen molar-refractivity contribution < 1.29 is 4.79 Å². The van der Waals surface area contributed by atoms with Crippen molar-refractivity contribution in [3.63, 3.8) is 0 Å². The van der Waals surface area contributed by atoms with Gasteiger partial charge in [0.2, 0.25) is 5.91 Å². The van der Waals surface area contributed by atoms with Crippen LogP contribution in [0.3, 0.4) is 0 Å². The molecule has 0 saturated carbocycles. The first-order chi connectivity index (χ1) is 5.47. The molecular weight excluding hydrogens is 152 g/mol. The maximum atomic E-state index is 11.0. The molecule has 0 bridgehead atoms. The number of nitrogens with two attached hydrogens (primary N) is 1. The Kier molecular flexibility index (Phi) is 2.73. The fourth-order valence-corrected chi connectivity index (χ4v) is 1.77. The predicted molar refractivity (Wildman–Crippen MR) is 48.6 cm³/mol. The van der Waals surface area contributed by atoms with Crippen molar-refractivity contribution >= 4 is 5.91 Å². The van der Waals surface area contributed by atoms with Crippen molar-refractivity contribution in [1.82, 2.24) is 5.32 Å². The van der Waals surface area contributed by atoms with Gasteiger partial charge in [-0.15, -0.1) is 0 Å². The third-order valence-electron chi connectivity index (χ3n) is 2.16. The summed E-state index contributed by atoms with van der Waals surface area (Å²) in [5.74, 6) is 0.661. The van der Waals surface area contributed by atoms with Crippen molar-refractivity contribution in [2.24, 2.45) is 11.7 Å². The van der Waals surface area contributed by atoms with Crippen LogP contribution in [0.5, 0.6) is 0 Å². The minimum absolute atomic E-state index is 0.137. The largest absolute Gasteiger partial charge is 0.356 e. The van der Waals surface area contributed by atoms with E-state index < -0.39 is 0 Å². The molecule has 0 spiro atoms. The van der Waals surface area contributed by atoms with E-state index >= 15 is 0 Å². The highest BCUT2D eigenvalue weighted by Crippen LogP contribution is 2.22. The fourth-order valence-electron chi connectivity index (χ4n) is 1.77. The molecule has 1 amide bonds. The van der Waals surface area contributed by atoms with Gasteiger partial charge in [0.25, 0.3) is 0 Å². The molecule has 1 aliphatic heterocycles. The number of hydrogen-bond acceptors (Lipinski definition) is 2. The molecule has 1 fully saturated rings. The lowest BCUT2D eigenvalue weighted by Crippen LogP contribution is -2.40. The molecular formula is C9H18N2O. The average Bonchev–Trinajstić information content (AvgIpc) is 1.82. The van der Waals surface area contributed by atoms with Crippen LogP contribution in [0.15, 0.2) is 0 Å².